The van der Waals surface area contributed by atoms with Crippen LogP contribution in [0.2, 0.25) is 0 Å². The van der Waals surface area contributed by atoms with Gasteiger partial charge in [-0.15, -0.1) is 0 Å². The summed E-state index contributed by atoms with van der Waals surface area (Å²) in [5.41, 5.74) is 1.52. The molecule has 29 heavy (non-hydrogen) atoms. The third kappa shape index (κ3) is 3.51. The molecule has 1 N–H and O–H groups in total. The van der Waals surface area contributed by atoms with Crippen molar-refractivity contribution in [3.63, 3.8) is 0 Å². The molecule has 3 aromatic rings. The van der Waals surface area contributed by atoms with Crippen LogP contribution in [0.15, 0.2) is 72.6 Å². The van der Waals surface area contributed by atoms with Gasteiger partial charge in [0.1, 0.15) is 11.3 Å². The Hall–Kier alpha value is -4.20. The lowest BCUT2D eigenvalue weighted by Crippen LogP contribution is -2.54. The summed E-state index contributed by atoms with van der Waals surface area (Å²) in [4.78, 5) is 38.4. The smallest absolute Gasteiger partial charge is 0.335 e. The lowest BCUT2D eigenvalue weighted by molar-refractivity contribution is -0.122. The van der Waals surface area contributed by atoms with Crippen LogP contribution < -0.4 is 15.0 Å². The number of benzene rings is 2. The fourth-order valence-corrected chi connectivity index (χ4v) is 2.94. The molecule has 1 aliphatic heterocycles. The van der Waals surface area contributed by atoms with Gasteiger partial charge in [-0.2, -0.15) is 5.10 Å². The Balaban J connectivity index is 1.68. The highest BCUT2D eigenvalue weighted by molar-refractivity contribution is 6.39. The number of barbiturate groups is 1. The lowest BCUT2D eigenvalue weighted by Gasteiger charge is -2.26. The second kappa shape index (κ2) is 7.43. The maximum absolute atomic E-state index is 12.9. The maximum atomic E-state index is 12.9. The predicted octanol–water partition coefficient (Wildman–Crippen LogP) is 2.55. The second-order valence-electron chi connectivity index (χ2n) is 6.21. The Morgan fingerprint density at radius 3 is 2.52 bits per heavy atom. The summed E-state index contributed by atoms with van der Waals surface area (Å²) in [5, 5.41) is 6.44. The van der Waals surface area contributed by atoms with E-state index in [-0.39, 0.29) is 5.57 Å². The zero-order chi connectivity index (χ0) is 20.4. The molecule has 0 atom stereocenters. The molecule has 1 fully saturated rings. The molecule has 144 valence electrons. The molecular weight excluding hydrogens is 372 g/mol. The van der Waals surface area contributed by atoms with Crippen LogP contribution >= 0.6 is 0 Å². The molecule has 0 spiro atoms. The molecule has 1 aliphatic rings. The van der Waals surface area contributed by atoms with Crippen LogP contribution in [0.3, 0.4) is 0 Å². The van der Waals surface area contributed by atoms with E-state index in [2.05, 4.69) is 10.4 Å². The van der Waals surface area contributed by atoms with Crippen molar-refractivity contribution < 1.29 is 19.1 Å². The number of rotatable bonds is 4. The summed E-state index contributed by atoms with van der Waals surface area (Å²) >= 11 is 0. The monoisotopic (exact) mass is 388 g/mol. The number of nitrogens with zero attached hydrogens (tertiary/aromatic N) is 3. The van der Waals surface area contributed by atoms with Gasteiger partial charge in [-0.1, -0.05) is 24.3 Å². The molecule has 2 heterocycles. The molecule has 8 nitrogen and oxygen atoms in total. The number of urea groups is 1. The van der Waals surface area contributed by atoms with E-state index in [1.165, 1.54) is 19.4 Å². The molecule has 0 radical (unpaired) electrons. The van der Waals surface area contributed by atoms with Gasteiger partial charge in [0.05, 0.1) is 24.7 Å². The van der Waals surface area contributed by atoms with Crippen molar-refractivity contribution in [1.82, 2.24) is 15.1 Å². The first kappa shape index (κ1) is 18.2. The minimum Gasteiger partial charge on any atom is -0.497 e. The Morgan fingerprint density at radius 2 is 1.76 bits per heavy atom. The number of hydrogen-bond acceptors (Lipinski definition) is 5. The van der Waals surface area contributed by atoms with E-state index >= 15 is 0 Å². The summed E-state index contributed by atoms with van der Waals surface area (Å²) in [6, 6.07) is 15.1. The Bertz CT molecular complexity index is 1130. The molecule has 4 amide bonds. The number of carbonyl (C=O) groups excluding carboxylic acids is 3. The third-order valence-electron chi connectivity index (χ3n) is 4.35. The highest BCUT2D eigenvalue weighted by Gasteiger charge is 2.37. The van der Waals surface area contributed by atoms with E-state index in [1.54, 1.807) is 35.1 Å². The van der Waals surface area contributed by atoms with Gasteiger partial charge in [-0.05, 0) is 30.3 Å². The lowest BCUT2D eigenvalue weighted by atomic mass is 10.1. The van der Waals surface area contributed by atoms with Crippen LogP contribution in [-0.4, -0.2) is 34.7 Å². The normalized spacial score (nSPS) is 15.6. The van der Waals surface area contributed by atoms with Gasteiger partial charge in [0.2, 0.25) is 0 Å². The van der Waals surface area contributed by atoms with E-state index in [1.807, 2.05) is 30.3 Å². The number of anilines is 1. The highest BCUT2D eigenvalue weighted by atomic mass is 16.5. The number of carbonyl (C=O) groups is 3. The molecule has 4 rings (SSSR count). The second-order valence-corrected chi connectivity index (χ2v) is 6.21. The highest BCUT2D eigenvalue weighted by Crippen LogP contribution is 2.25. The quantitative estimate of drug-likeness (QED) is 0.548. The topological polar surface area (TPSA) is 93.5 Å². The molecule has 0 aliphatic carbocycles. The van der Waals surface area contributed by atoms with Crippen molar-refractivity contribution in [1.29, 1.82) is 0 Å². The molecule has 0 bridgehead atoms. The number of methoxy groups -OCH3 is 1. The third-order valence-corrected chi connectivity index (χ3v) is 4.35. The minimum absolute atomic E-state index is 0.167. The first-order valence-corrected chi connectivity index (χ1v) is 8.72. The summed E-state index contributed by atoms with van der Waals surface area (Å²) in [7, 11) is 1.48. The first-order chi connectivity index (χ1) is 14.1. The fourth-order valence-electron chi connectivity index (χ4n) is 2.94. The van der Waals surface area contributed by atoms with Crippen LogP contribution in [0.25, 0.3) is 11.8 Å². The fraction of sp³-hybridized carbons (Fsp3) is 0.0476. The van der Waals surface area contributed by atoms with Crippen molar-refractivity contribution in [3.05, 3.63) is 78.1 Å². The van der Waals surface area contributed by atoms with Gasteiger partial charge in [0.15, 0.2) is 0 Å². The van der Waals surface area contributed by atoms with Crippen LogP contribution in [-0.2, 0) is 9.59 Å². The van der Waals surface area contributed by atoms with Crippen LogP contribution in [0, 0.1) is 0 Å². The van der Waals surface area contributed by atoms with Crippen molar-refractivity contribution in [2.45, 2.75) is 0 Å². The largest absolute Gasteiger partial charge is 0.497 e. The van der Waals surface area contributed by atoms with Crippen LogP contribution in [0.4, 0.5) is 10.5 Å². The van der Waals surface area contributed by atoms with Gasteiger partial charge < -0.3 is 4.74 Å². The SMILES string of the molecule is COc1cccc(N2C(=O)NC(=O)/C(=C\c3cnn(-c4ccccc4)c3)C2=O)c1. The molecule has 0 unspecified atom stereocenters. The maximum Gasteiger partial charge on any atom is 0.335 e. The number of amides is 4. The number of ether oxygens (including phenoxy) is 1. The zero-order valence-electron chi connectivity index (χ0n) is 15.4. The van der Waals surface area contributed by atoms with Crippen molar-refractivity contribution >= 4 is 29.6 Å². The number of hydrogen-bond donors (Lipinski definition) is 1. The van der Waals surface area contributed by atoms with Gasteiger partial charge in [-0.25, -0.2) is 14.4 Å². The van der Waals surface area contributed by atoms with Gasteiger partial charge >= 0.3 is 6.03 Å². The number of nitrogens with one attached hydrogen (secondary N) is 1. The van der Waals surface area contributed by atoms with Crippen LogP contribution in [0.1, 0.15) is 5.56 Å². The van der Waals surface area contributed by atoms with Gasteiger partial charge in [0, 0.05) is 17.8 Å². The molecule has 2 aromatic carbocycles. The minimum atomic E-state index is -0.814. The zero-order valence-corrected chi connectivity index (χ0v) is 15.4. The van der Waals surface area contributed by atoms with Crippen molar-refractivity contribution in [3.8, 4) is 11.4 Å². The average Bonchev–Trinajstić information content (AvgIpc) is 3.20. The van der Waals surface area contributed by atoms with E-state index in [9.17, 15) is 14.4 Å². The van der Waals surface area contributed by atoms with E-state index in [4.69, 9.17) is 4.74 Å². The van der Waals surface area contributed by atoms with E-state index in [0.717, 1.165) is 10.6 Å². The molecule has 0 saturated carbocycles. The Kier molecular flexibility index (Phi) is 4.66. The predicted molar refractivity (Wildman–Crippen MR) is 106 cm³/mol. The average molecular weight is 388 g/mol. The standard InChI is InChI=1S/C21H16N4O4/c1-29-17-9-5-8-16(11-17)25-20(27)18(19(26)23-21(25)28)10-14-12-22-24(13-14)15-6-3-2-4-7-15/h2-13H,1H3,(H,23,26,28)/b18-10+. The first-order valence-electron chi connectivity index (χ1n) is 8.72. The van der Waals surface area contributed by atoms with E-state index < -0.39 is 17.8 Å². The Labute approximate surface area is 166 Å². The van der Waals surface area contributed by atoms with E-state index in [0.29, 0.717) is 17.0 Å². The number of aromatic nitrogens is 2. The molecule has 1 saturated heterocycles. The number of imide groups is 2. The van der Waals surface area contributed by atoms with Crippen molar-refractivity contribution in [2.75, 3.05) is 12.0 Å². The number of para-hydroxylation sites is 1. The van der Waals surface area contributed by atoms with Crippen LogP contribution in [0.5, 0.6) is 5.75 Å². The van der Waals surface area contributed by atoms with Gasteiger partial charge in [0.25, 0.3) is 11.8 Å². The van der Waals surface area contributed by atoms with Gasteiger partial charge in [-0.3, -0.25) is 14.9 Å². The summed E-state index contributed by atoms with van der Waals surface area (Å²) in [5.74, 6) is -0.999. The summed E-state index contributed by atoms with van der Waals surface area (Å²) in [6.07, 6.45) is 4.63. The summed E-state index contributed by atoms with van der Waals surface area (Å²) < 4.78 is 6.77. The molecule has 1 aromatic heterocycles. The van der Waals surface area contributed by atoms with Crippen molar-refractivity contribution in [2.24, 2.45) is 0 Å². The summed E-state index contributed by atoms with van der Waals surface area (Å²) in [6.45, 7) is 0. The Morgan fingerprint density at radius 1 is 1.00 bits per heavy atom. The molecule has 8 heteroatoms. The molecular formula is C21H16N4O4.